The minimum absolute atomic E-state index is 0.172. The molecule has 3 fully saturated rings. The smallest absolute Gasteiger partial charge is 0.305 e. The number of aromatic hydroxyl groups is 1. The van der Waals surface area contributed by atoms with Crippen LogP contribution in [0.25, 0.3) is 10.8 Å². The molecule has 802 valence electrons. The maximum absolute atomic E-state index is 15.3. The molecule has 4 aromatic rings. The zero-order valence-corrected chi connectivity index (χ0v) is 85.3. The Labute approximate surface area is 853 Å². The lowest BCUT2D eigenvalue weighted by Crippen LogP contribution is -2.62. The maximum atomic E-state index is 15.3. The molecule has 0 saturated carbocycles. The van der Waals surface area contributed by atoms with E-state index in [2.05, 4.69) is 74.4 Å². The van der Waals surface area contributed by atoms with Gasteiger partial charge in [0.1, 0.15) is 90.3 Å². The van der Waals surface area contributed by atoms with E-state index in [1.165, 1.54) is 76.2 Å². The summed E-state index contributed by atoms with van der Waals surface area (Å²) in [5.74, 6) is -33.5. The van der Waals surface area contributed by atoms with Crippen molar-refractivity contribution in [2.24, 2.45) is 22.6 Å². The number of sulfonamides is 3. The maximum Gasteiger partial charge on any atom is 0.305 e. The van der Waals surface area contributed by atoms with Crippen LogP contribution in [0.15, 0.2) is 97.1 Å². The summed E-state index contributed by atoms with van der Waals surface area (Å²) in [6.07, 6.45) is -8.87. The molecule has 3 aliphatic heterocycles. The van der Waals surface area contributed by atoms with Gasteiger partial charge in [0.15, 0.2) is 0 Å². The molecule has 51 nitrogen and oxygen atoms in total. The Bertz CT molecular complexity index is 5790. The highest BCUT2D eigenvalue weighted by molar-refractivity contribution is 8.01. The predicted octanol–water partition coefficient (Wildman–Crippen LogP) is -7.03. The number of hydrogen-bond acceptors (Lipinski definition) is 31. The number of nitrogens with one attached hydrogen (secondary N) is 14. The topological polar surface area (TPSA) is 801 Å². The van der Waals surface area contributed by atoms with Gasteiger partial charge in [0.25, 0.3) is 0 Å². The van der Waals surface area contributed by atoms with Crippen molar-refractivity contribution >= 4 is 195 Å². The fraction of sp³-hybridized carbons (Fsp3) is 0.528. The predicted molar refractivity (Wildman–Crippen MR) is 530 cm³/mol. The molecule has 0 radical (unpaired) electrons. The molecule has 4 bridgehead atoms. The van der Waals surface area contributed by atoms with E-state index in [4.69, 9.17) is 17.2 Å². The van der Waals surface area contributed by atoms with Gasteiger partial charge in [0.05, 0.1) is 42.6 Å². The number of nitrogens with two attached hydrogens (primary N) is 3. The van der Waals surface area contributed by atoms with Gasteiger partial charge < -0.3 is 117 Å². The quantitative estimate of drug-likeness (QED) is 0.0369. The average Bonchev–Trinajstić information content (AvgIpc) is 1.69. The third-order valence-corrected chi connectivity index (χ3v) is 32.6. The lowest BCUT2D eigenvalue weighted by Gasteiger charge is -2.33. The van der Waals surface area contributed by atoms with Gasteiger partial charge in [-0.15, -0.1) is 0 Å². The van der Waals surface area contributed by atoms with Gasteiger partial charge in [-0.3, -0.25) is 95.9 Å². The van der Waals surface area contributed by atoms with E-state index in [1.54, 1.807) is 48.5 Å². The van der Waals surface area contributed by atoms with Crippen LogP contribution in [0.2, 0.25) is 0 Å². The van der Waals surface area contributed by atoms with Crippen LogP contribution >= 0.6 is 35.3 Å². The van der Waals surface area contributed by atoms with E-state index in [0.29, 0.717) is 28.1 Å². The van der Waals surface area contributed by atoms with Gasteiger partial charge in [0.2, 0.25) is 125 Å². The Morgan fingerprint density at radius 1 is 0.411 bits per heavy atom. The first-order valence-electron chi connectivity index (χ1n) is 45.9. The molecular weight excluding hydrogens is 2040 g/mol. The number of carboxylic acids is 4. The summed E-state index contributed by atoms with van der Waals surface area (Å²) in [4.78, 5) is 282. The second kappa shape index (κ2) is 56.1. The summed E-state index contributed by atoms with van der Waals surface area (Å²) in [7, 11) is -14.2. The molecule has 3 heterocycles. The number of amides is 16. The number of phenolic OH excluding ortho intramolecular Hbond substituents is 1. The van der Waals surface area contributed by atoms with Gasteiger partial charge in [0, 0.05) is 106 Å². The fourth-order valence-corrected chi connectivity index (χ4v) is 23.7. The Kier molecular flexibility index (Phi) is 46.1. The second-order valence-corrected chi connectivity index (χ2v) is 45.4. The summed E-state index contributed by atoms with van der Waals surface area (Å²) in [5, 5.41) is 85.0. The third kappa shape index (κ3) is 38.8. The number of carboxylic acid groups (broad SMARTS) is 4. The fourth-order valence-electron chi connectivity index (χ4n) is 14.9. The van der Waals surface area contributed by atoms with Crippen molar-refractivity contribution in [2.45, 2.75) is 196 Å². The zero-order chi connectivity index (χ0) is 108. The largest absolute Gasteiger partial charge is 0.508 e. The van der Waals surface area contributed by atoms with Crippen LogP contribution in [0.4, 0.5) is 0 Å². The monoisotopic (exact) mass is 2160 g/mol. The number of benzene rings is 4. The van der Waals surface area contributed by atoms with Gasteiger partial charge in [-0.05, 0) is 78.6 Å². The van der Waals surface area contributed by atoms with E-state index in [-0.39, 0.29) is 16.9 Å². The van der Waals surface area contributed by atoms with Crippen LogP contribution in [-0.4, -0.2) is 364 Å². The second-order valence-electron chi connectivity index (χ2n) is 35.6. The van der Waals surface area contributed by atoms with Crippen LogP contribution in [0.3, 0.4) is 0 Å². The molecule has 57 heteroatoms. The Hall–Kier alpha value is -12.9. The number of phenols is 1. The lowest BCUT2D eigenvalue weighted by atomic mass is 9.85. The SMILES string of the molecule is C[C@H](N)C(=O)N[C@H]1CSCCS(=O)(=O)N2CCN3CCN(CC2)S(=O)(=O)CCSC[C@H](NC(=O)[C@@H](C)NC(=O)[C@H](Cc2cccc4ccccc24)NC(=O)[C@H](CCC(=O)O)NC(=O)[C@H](CC(N)=O)NC(=O)[C@@H](C)NC1=O)C(=O)N[C@@H](CCC(=O)O)C(=O)N[C@@H](CC(=O)O)C(=O)N[C@@H](Cc1ccccc1)C(=O)N[C@@H](Cc1ccc(O)cc1)C(=O)NC(CC(=O)O)C(=O)N[C@@H](C(C)(C)C)C(=O)NC(C(N)=O)CSCCS3(=O)=O. The minimum atomic E-state index is -4.82. The van der Waals surface area contributed by atoms with Crippen molar-refractivity contribution in [1.29, 1.82) is 0 Å². The number of nitrogens with zero attached hydrogens (tertiary/aromatic N) is 3. The number of rotatable bonds is 21. The van der Waals surface area contributed by atoms with Crippen molar-refractivity contribution in [2.75, 3.05) is 91.0 Å². The van der Waals surface area contributed by atoms with Gasteiger partial charge >= 0.3 is 23.9 Å². The van der Waals surface area contributed by atoms with E-state index in [0.717, 1.165) is 50.3 Å². The van der Waals surface area contributed by atoms with Gasteiger partial charge in [-0.25, -0.2) is 25.3 Å². The summed E-state index contributed by atoms with van der Waals surface area (Å²) in [6, 6.07) is -4.60. The number of primary amides is 2. The molecule has 3 aliphatic rings. The van der Waals surface area contributed by atoms with Crippen molar-refractivity contribution in [3.63, 3.8) is 0 Å². The standard InChI is InChI=1S/C89H124N20O31S6/c1-48(90)75(121)104-66-46-142-34-37-145(137,138)108-29-27-107-28-30-109(32-31-108)146(139,140)38-35-143-47-67(105-77(123)50(3)93-80(126)61(41-54-17-12-16-53-15-10-11-18-56(53)54)100-78(124)57(23-25-69(112)113)95-83(129)62(42-68(91)111)97-76(122)49(2)94-86(66)132)87(133)96-58(24-26-70(114)115)79(125)101-63(43-71(116)117)84(130)99-59(39-51-13-8-7-9-14-51)81(127)98-60(40-52-19-21-55(110)22-20-52)82(128)102-64(44-72(118)119)85(131)106-73(89(4,5)6)88(134)103-65(74(92)120)45-141-33-36-144(107,135)136/h7-22,48-50,57-67,73,110H,23-47,90H2,1-6H3,(H2,91,111)(H2,92,120)(H,93,126)(H,94,132)(H,95,129)(H,96,133)(H,97,122)(H,98,127)(H,99,130)(H,100,124)(H,101,125)(H,102,128)(H,103,134)(H,104,121)(H,105,123)(H,106,131)(H,112,113)(H,114,115)(H,116,117)(H,118,119)/t48-,49+,50+,57-,58-,59-,60-,61-,62-,63-,64?,65?,66-,67-,73+/m0/s1. The first kappa shape index (κ1) is 120. The average molecular weight is 2160 g/mol. The Morgan fingerprint density at radius 2 is 0.788 bits per heavy atom. The van der Waals surface area contributed by atoms with E-state index in [9.17, 15) is 124 Å². The van der Waals surface area contributed by atoms with Crippen LogP contribution < -0.4 is 91.6 Å². The van der Waals surface area contributed by atoms with Crippen LogP contribution in [-0.2, 0) is 145 Å². The van der Waals surface area contributed by atoms with Gasteiger partial charge in [-0.1, -0.05) is 106 Å². The van der Waals surface area contributed by atoms with Crippen molar-refractivity contribution in [3.8, 4) is 5.75 Å². The van der Waals surface area contributed by atoms with Crippen LogP contribution in [0, 0.1) is 5.41 Å². The van der Waals surface area contributed by atoms with E-state index < -0.39 is 400 Å². The minimum Gasteiger partial charge on any atom is -0.508 e. The molecule has 18 atom stereocenters. The summed E-state index contributed by atoms with van der Waals surface area (Å²) >= 11 is 2.03. The number of fused-ring (bicyclic) bond motifs is 10. The van der Waals surface area contributed by atoms with Crippen molar-refractivity contribution < 1.29 is 147 Å². The molecule has 7 rings (SSSR count). The molecule has 25 N–H and O–H groups in total. The molecule has 0 aliphatic carbocycles. The third-order valence-electron chi connectivity index (χ3n) is 23.0. The molecule has 146 heavy (non-hydrogen) atoms. The molecular formula is C89H124N20O31S6. The lowest BCUT2D eigenvalue weighted by molar-refractivity contribution is -0.142. The molecule has 4 aromatic carbocycles. The van der Waals surface area contributed by atoms with Gasteiger partial charge in [-0.2, -0.15) is 48.2 Å². The van der Waals surface area contributed by atoms with Crippen molar-refractivity contribution in [1.82, 2.24) is 87.4 Å². The molecule has 0 spiro atoms. The Morgan fingerprint density at radius 3 is 1.25 bits per heavy atom. The van der Waals surface area contributed by atoms with E-state index in [1.807, 2.05) is 0 Å². The van der Waals surface area contributed by atoms with Crippen LogP contribution in [0.5, 0.6) is 5.75 Å². The summed E-state index contributed by atoms with van der Waals surface area (Å²) in [5.41, 5.74) is 16.6. The molecule has 5 unspecified atom stereocenters. The molecule has 16 amide bonds. The zero-order valence-electron chi connectivity index (χ0n) is 80.4. The highest BCUT2D eigenvalue weighted by Gasteiger charge is 2.43. The highest BCUT2D eigenvalue weighted by atomic mass is 32.2. The summed E-state index contributed by atoms with van der Waals surface area (Å²) in [6.45, 7) is 3.50. The Balaban J connectivity index is 1.40. The normalized spacial score (nSPS) is 26.8. The van der Waals surface area contributed by atoms with Crippen LogP contribution in [0.1, 0.15) is 103 Å². The number of carbonyl (C=O) groups excluding carboxylic acids is 16. The molecule has 3 saturated heterocycles. The first-order valence-corrected chi connectivity index (χ1v) is 54.2. The first-order chi connectivity index (χ1) is 68.5. The molecule has 0 aromatic heterocycles. The number of carbonyl (C=O) groups is 20. The number of hydrogen-bond donors (Lipinski definition) is 22. The number of thioether (sulfide) groups is 3. The van der Waals surface area contributed by atoms with Crippen molar-refractivity contribution in [3.05, 3.63) is 114 Å². The van der Waals surface area contributed by atoms with E-state index >= 15 is 22.8 Å². The summed E-state index contributed by atoms with van der Waals surface area (Å²) < 4.78 is 91.6. The highest BCUT2D eigenvalue weighted by Crippen LogP contribution is 2.25. The number of aliphatic carboxylic acids is 4.